The van der Waals surface area contributed by atoms with Gasteiger partial charge in [-0.05, 0) is 23.9 Å². The molecular formula is C11H11N7S. The van der Waals surface area contributed by atoms with Crippen LogP contribution in [0.15, 0.2) is 11.4 Å². The molecule has 0 saturated carbocycles. The van der Waals surface area contributed by atoms with Crippen LogP contribution in [-0.2, 0) is 0 Å². The van der Waals surface area contributed by atoms with Gasteiger partial charge in [0.25, 0.3) is 0 Å². The van der Waals surface area contributed by atoms with Gasteiger partial charge in [0.05, 0.1) is 4.88 Å². The SMILES string of the molecule is Cc1csc(-c2nc3c(N)nc(N)nc3nc2N)c1. The number of nitrogens with two attached hydrogens (primary N) is 3. The van der Waals surface area contributed by atoms with Crippen molar-refractivity contribution in [2.45, 2.75) is 6.92 Å². The minimum atomic E-state index is 0.0541. The summed E-state index contributed by atoms with van der Waals surface area (Å²) in [4.78, 5) is 17.4. The Bertz CT molecular complexity index is 780. The zero-order valence-corrected chi connectivity index (χ0v) is 10.9. The molecule has 0 saturated heterocycles. The van der Waals surface area contributed by atoms with Crippen molar-refractivity contribution in [3.63, 3.8) is 0 Å². The van der Waals surface area contributed by atoms with E-state index in [-0.39, 0.29) is 11.8 Å². The lowest BCUT2D eigenvalue weighted by molar-refractivity contribution is 1.17. The molecule has 0 aromatic carbocycles. The summed E-state index contributed by atoms with van der Waals surface area (Å²) in [5.74, 6) is 0.551. The molecule has 0 bridgehead atoms. The van der Waals surface area contributed by atoms with Crippen LogP contribution in [0.5, 0.6) is 0 Å². The standard InChI is InChI=1S/C11H11N7S/c1-4-2-5(19-3-4)6-8(12)16-10-7(15-6)9(13)17-11(14)18-10/h2-3H,1H3,(H6,12,13,14,16,17,18). The van der Waals surface area contributed by atoms with Crippen LogP contribution >= 0.6 is 11.3 Å². The first-order valence-electron chi connectivity index (χ1n) is 5.46. The van der Waals surface area contributed by atoms with E-state index < -0.39 is 0 Å². The third-order valence-electron chi connectivity index (χ3n) is 2.57. The molecule has 0 aliphatic carbocycles. The number of nitrogen functional groups attached to an aromatic ring is 3. The number of nitrogens with zero attached hydrogens (tertiary/aromatic N) is 4. The molecule has 0 spiro atoms. The zero-order valence-electron chi connectivity index (χ0n) is 10.1. The maximum atomic E-state index is 5.92. The third kappa shape index (κ3) is 1.91. The van der Waals surface area contributed by atoms with Gasteiger partial charge in [-0.15, -0.1) is 11.3 Å². The minimum absolute atomic E-state index is 0.0541. The Labute approximate surface area is 112 Å². The monoisotopic (exact) mass is 273 g/mol. The Hall–Kier alpha value is -2.48. The molecular weight excluding hydrogens is 262 g/mol. The molecule has 0 fully saturated rings. The van der Waals surface area contributed by atoms with E-state index in [2.05, 4.69) is 19.9 Å². The van der Waals surface area contributed by atoms with Gasteiger partial charge < -0.3 is 17.2 Å². The van der Waals surface area contributed by atoms with Crippen LogP contribution in [0.3, 0.4) is 0 Å². The lowest BCUT2D eigenvalue weighted by atomic mass is 10.3. The third-order valence-corrected chi connectivity index (χ3v) is 3.62. The van der Waals surface area contributed by atoms with E-state index in [0.717, 1.165) is 10.4 Å². The van der Waals surface area contributed by atoms with Gasteiger partial charge in [0, 0.05) is 0 Å². The molecule has 0 atom stereocenters. The summed E-state index contributed by atoms with van der Waals surface area (Å²) in [7, 11) is 0. The van der Waals surface area contributed by atoms with E-state index in [9.17, 15) is 0 Å². The Morgan fingerprint density at radius 1 is 1.00 bits per heavy atom. The molecule has 3 aromatic rings. The van der Waals surface area contributed by atoms with Gasteiger partial charge in [-0.2, -0.15) is 9.97 Å². The fraction of sp³-hybridized carbons (Fsp3) is 0.0909. The fourth-order valence-electron chi connectivity index (χ4n) is 1.74. The number of aromatic nitrogens is 4. The summed E-state index contributed by atoms with van der Waals surface area (Å²) in [5.41, 5.74) is 19.7. The average Bonchev–Trinajstić information content (AvgIpc) is 2.74. The summed E-state index contributed by atoms with van der Waals surface area (Å²) >= 11 is 1.55. The normalized spacial score (nSPS) is 11.0. The molecule has 0 unspecified atom stereocenters. The van der Waals surface area contributed by atoms with Crippen molar-refractivity contribution in [1.82, 2.24) is 19.9 Å². The van der Waals surface area contributed by atoms with Crippen molar-refractivity contribution in [2.24, 2.45) is 0 Å². The van der Waals surface area contributed by atoms with Gasteiger partial charge in [0.2, 0.25) is 5.95 Å². The second-order valence-electron chi connectivity index (χ2n) is 4.09. The molecule has 8 heteroatoms. The van der Waals surface area contributed by atoms with Crippen LogP contribution in [0.25, 0.3) is 21.7 Å². The number of fused-ring (bicyclic) bond motifs is 1. The Balaban J connectivity index is 2.30. The molecule has 7 nitrogen and oxygen atoms in total. The second-order valence-corrected chi connectivity index (χ2v) is 5.00. The second kappa shape index (κ2) is 4.02. The average molecular weight is 273 g/mol. The van der Waals surface area contributed by atoms with E-state index in [0.29, 0.717) is 22.7 Å². The molecule has 3 rings (SSSR count). The van der Waals surface area contributed by atoms with Gasteiger partial charge in [-0.25, -0.2) is 9.97 Å². The quantitative estimate of drug-likeness (QED) is 0.607. The molecule has 0 aliphatic rings. The summed E-state index contributed by atoms with van der Waals surface area (Å²) in [6.07, 6.45) is 0. The summed E-state index contributed by atoms with van der Waals surface area (Å²) < 4.78 is 0. The molecule has 3 aromatic heterocycles. The van der Waals surface area contributed by atoms with Crippen LogP contribution in [0.2, 0.25) is 0 Å². The first-order valence-corrected chi connectivity index (χ1v) is 6.34. The van der Waals surface area contributed by atoms with Crippen molar-refractivity contribution in [3.8, 4) is 10.6 Å². The van der Waals surface area contributed by atoms with Crippen molar-refractivity contribution in [1.29, 1.82) is 0 Å². The van der Waals surface area contributed by atoms with Crippen LogP contribution in [-0.4, -0.2) is 19.9 Å². The maximum Gasteiger partial charge on any atom is 0.224 e. The van der Waals surface area contributed by atoms with Crippen LogP contribution < -0.4 is 17.2 Å². The van der Waals surface area contributed by atoms with E-state index in [4.69, 9.17) is 17.2 Å². The lowest BCUT2D eigenvalue weighted by Gasteiger charge is -2.05. The number of hydrogen-bond acceptors (Lipinski definition) is 8. The summed E-state index contributed by atoms with van der Waals surface area (Å²) in [5, 5.41) is 2.02. The van der Waals surface area contributed by atoms with Crippen LogP contribution in [0, 0.1) is 6.92 Å². The fourth-order valence-corrected chi connectivity index (χ4v) is 2.63. The zero-order chi connectivity index (χ0) is 13.6. The van der Waals surface area contributed by atoms with Crippen molar-refractivity contribution < 1.29 is 0 Å². The largest absolute Gasteiger partial charge is 0.382 e. The molecule has 19 heavy (non-hydrogen) atoms. The van der Waals surface area contributed by atoms with Gasteiger partial charge in [-0.3, -0.25) is 0 Å². The van der Waals surface area contributed by atoms with Gasteiger partial charge in [-0.1, -0.05) is 0 Å². The van der Waals surface area contributed by atoms with Crippen LogP contribution in [0.4, 0.5) is 17.6 Å². The molecule has 0 radical (unpaired) electrons. The highest BCUT2D eigenvalue weighted by Crippen LogP contribution is 2.30. The van der Waals surface area contributed by atoms with E-state index in [1.807, 2.05) is 18.4 Å². The minimum Gasteiger partial charge on any atom is -0.382 e. The molecule has 3 heterocycles. The van der Waals surface area contributed by atoms with Gasteiger partial charge >= 0.3 is 0 Å². The molecule has 0 aliphatic heterocycles. The van der Waals surface area contributed by atoms with Crippen molar-refractivity contribution in [2.75, 3.05) is 17.2 Å². The Morgan fingerprint density at radius 2 is 1.79 bits per heavy atom. The predicted octanol–water partition coefficient (Wildman–Crippen LogP) is 1.20. The Kier molecular flexibility index (Phi) is 2.46. The number of aryl methyl sites for hydroxylation is 1. The van der Waals surface area contributed by atoms with E-state index >= 15 is 0 Å². The summed E-state index contributed by atoms with van der Waals surface area (Å²) in [6, 6.07) is 1.99. The smallest absolute Gasteiger partial charge is 0.224 e. The van der Waals surface area contributed by atoms with Gasteiger partial charge in [0.15, 0.2) is 22.8 Å². The lowest BCUT2D eigenvalue weighted by Crippen LogP contribution is -2.05. The number of rotatable bonds is 1. The molecule has 0 amide bonds. The first-order chi connectivity index (χ1) is 9.04. The highest BCUT2D eigenvalue weighted by Gasteiger charge is 2.13. The number of hydrogen-bond donors (Lipinski definition) is 3. The van der Waals surface area contributed by atoms with E-state index in [1.54, 1.807) is 11.3 Å². The van der Waals surface area contributed by atoms with Crippen molar-refractivity contribution in [3.05, 3.63) is 17.0 Å². The predicted molar refractivity (Wildman–Crippen MR) is 76.4 cm³/mol. The molecule has 96 valence electrons. The molecule has 6 N–H and O–H groups in total. The number of thiophene rings is 1. The Morgan fingerprint density at radius 3 is 2.47 bits per heavy atom. The highest BCUT2D eigenvalue weighted by atomic mass is 32.1. The first kappa shape index (κ1) is 11.6. The topological polar surface area (TPSA) is 130 Å². The maximum absolute atomic E-state index is 5.92. The summed E-state index contributed by atoms with van der Waals surface area (Å²) in [6.45, 7) is 2.00. The van der Waals surface area contributed by atoms with E-state index in [1.165, 1.54) is 0 Å². The van der Waals surface area contributed by atoms with Gasteiger partial charge in [0.1, 0.15) is 5.69 Å². The van der Waals surface area contributed by atoms with Crippen molar-refractivity contribution >= 4 is 40.1 Å². The van der Waals surface area contributed by atoms with Crippen LogP contribution in [0.1, 0.15) is 5.56 Å². The highest BCUT2D eigenvalue weighted by molar-refractivity contribution is 7.13. The number of anilines is 3.